The molecule has 0 aromatic carbocycles. The van der Waals surface area contributed by atoms with Crippen molar-refractivity contribution in [2.75, 3.05) is 0 Å². The van der Waals surface area contributed by atoms with Crippen LogP contribution in [0.25, 0.3) is 0 Å². The highest BCUT2D eigenvalue weighted by atomic mass is 16.4. The number of aliphatic carboxylic acids is 3. The molecule has 8 N–H and O–H groups in total. The van der Waals surface area contributed by atoms with E-state index < -0.39 is 30.0 Å². The predicted octanol–water partition coefficient (Wildman–Crippen LogP) is -1.48. The molecule has 0 aromatic heterocycles. The fourth-order valence-corrected chi connectivity index (χ4v) is 1.36. The summed E-state index contributed by atoms with van der Waals surface area (Å²) in [7, 11) is 0. The summed E-state index contributed by atoms with van der Waals surface area (Å²) in [4.78, 5) is 35.9. The molecule has 0 aliphatic carbocycles. The molecular weight excluding hydrogens is 284 g/mol. The van der Waals surface area contributed by atoms with Gasteiger partial charge in [-0.1, -0.05) is 6.08 Å². The van der Waals surface area contributed by atoms with Crippen molar-refractivity contribution < 1.29 is 29.7 Å². The third-order valence-corrected chi connectivity index (χ3v) is 2.35. The van der Waals surface area contributed by atoms with Crippen molar-refractivity contribution in [3.8, 4) is 0 Å². The van der Waals surface area contributed by atoms with E-state index in [-0.39, 0.29) is 25.2 Å². The maximum absolute atomic E-state index is 11.0. The van der Waals surface area contributed by atoms with Gasteiger partial charge in [0.2, 0.25) is 0 Å². The van der Waals surface area contributed by atoms with Gasteiger partial charge < -0.3 is 26.8 Å². The van der Waals surface area contributed by atoms with Crippen LogP contribution in [0.2, 0.25) is 0 Å². The molecule has 118 valence electrons. The van der Waals surface area contributed by atoms with E-state index in [9.17, 15) is 14.4 Å². The normalized spacial score (nSPS) is 13.5. The number of nitrogens with one attached hydrogen (secondary N) is 1. The van der Waals surface area contributed by atoms with Crippen molar-refractivity contribution in [1.29, 1.82) is 0 Å². The van der Waals surface area contributed by atoms with Crippen molar-refractivity contribution in [1.82, 2.24) is 5.32 Å². The minimum Gasteiger partial charge on any atom is -0.481 e. The van der Waals surface area contributed by atoms with Gasteiger partial charge in [-0.2, -0.15) is 0 Å². The Hall–Kier alpha value is -2.62. The quantitative estimate of drug-likeness (QED) is 0.206. The SMILES string of the molecule is NC(N)=N/C=C/C[C@H](N[C@H](CCC(=O)O)C(=O)O)C(=O)O. The molecule has 10 heteroatoms. The van der Waals surface area contributed by atoms with Gasteiger partial charge in [-0.25, -0.2) is 4.99 Å². The van der Waals surface area contributed by atoms with E-state index >= 15 is 0 Å². The molecule has 0 aliphatic heterocycles. The first-order valence-corrected chi connectivity index (χ1v) is 5.91. The molecule has 2 atom stereocenters. The van der Waals surface area contributed by atoms with Crippen LogP contribution in [0, 0.1) is 0 Å². The van der Waals surface area contributed by atoms with Gasteiger partial charge in [0.1, 0.15) is 12.1 Å². The maximum atomic E-state index is 11.0. The Labute approximate surface area is 120 Å². The van der Waals surface area contributed by atoms with Crippen LogP contribution in [0.1, 0.15) is 19.3 Å². The van der Waals surface area contributed by atoms with E-state index in [1.54, 1.807) is 0 Å². The summed E-state index contributed by atoms with van der Waals surface area (Å²) in [6, 6.07) is -2.48. The number of aliphatic imine (C=N–C) groups is 1. The Bertz CT molecular complexity index is 444. The van der Waals surface area contributed by atoms with Gasteiger partial charge in [-0.15, -0.1) is 0 Å². The number of nitrogens with zero attached hydrogens (tertiary/aromatic N) is 1. The first kappa shape index (κ1) is 18.4. The average Bonchev–Trinajstić information content (AvgIpc) is 2.35. The third kappa shape index (κ3) is 8.99. The average molecular weight is 302 g/mol. The number of guanidine groups is 1. The van der Waals surface area contributed by atoms with Gasteiger partial charge in [0.25, 0.3) is 0 Å². The largest absolute Gasteiger partial charge is 0.481 e. The van der Waals surface area contributed by atoms with Crippen molar-refractivity contribution in [3.05, 3.63) is 12.3 Å². The van der Waals surface area contributed by atoms with E-state index in [0.29, 0.717) is 0 Å². The lowest BCUT2D eigenvalue weighted by Crippen LogP contribution is -2.47. The van der Waals surface area contributed by atoms with Gasteiger partial charge in [-0.3, -0.25) is 19.7 Å². The topological polar surface area (TPSA) is 188 Å². The zero-order chi connectivity index (χ0) is 16.4. The minimum atomic E-state index is -1.32. The second-order valence-corrected chi connectivity index (χ2v) is 4.06. The predicted molar refractivity (Wildman–Crippen MR) is 72.4 cm³/mol. The molecule has 21 heavy (non-hydrogen) atoms. The van der Waals surface area contributed by atoms with Crippen molar-refractivity contribution in [2.24, 2.45) is 16.5 Å². The Kier molecular flexibility index (Phi) is 8.15. The second kappa shape index (κ2) is 9.31. The lowest BCUT2D eigenvalue weighted by molar-refractivity contribution is -0.142. The van der Waals surface area contributed by atoms with Crippen LogP contribution in [0.4, 0.5) is 0 Å². The molecule has 0 saturated heterocycles. The molecule has 0 aliphatic rings. The summed E-state index contributed by atoms with van der Waals surface area (Å²) in [5.41, 5.74) is 10.1. The number of hydrogen-bond acceptors (Lipinski definition) is 5. The van der Waals surface area contributed by atoms with Crippen LogP contribution >= 0.6 is 0 Å². The Morgan fingerprint density at radius 2 is 1.67 bits per heavy atom. The zero-order valence-electron chi connectivity index (χ0n) is 11.1. The number of rotatable bonds is 10. The van der Waals surface area contributed by atoms with Crippen LogP contribution in [-0.2, 0) is 14.4 Å². The molecule has 0 amide bonds. The third-order valence-electron chi connectivity index (χ3n) is 2.35. The number of carboxylic acid groups (broad SMARTS) is 3. The monoisotopic (exact) mass is 302 g/mol. The summed E-state index contributed by atoms with van der Waals surface area (Å²) in [6.07, 6.45) is 1.86. The standard InChI is InChI=1S/C11H18N4O6/c12-11(13)14-5-1-2-6(9(18)19)15-7(10(20)21)3-4-8(16)17/h1,5-7,15H,2-4H2,(H,16,17)(H,18,19)(H,20,21)(H4,12,13,14)/b5-1+/t6-,7+/m0/s1. The Balaban J connectivity index is 4.67. The number of carbonyl (C=O) groups is 3. The molecule has 0 radical (unpaired) electrons. The van der Waals surface area contributed by atoms with E-state index in [1.165, 1.54) is 12.3 Å². The molecule has 10 nitrogen and oxygen atoms in total. The summed E-state index contributed by atoms with van der Waals surface area (Å²) < 4.78 is 0. The van der Waals surface area contributed by atoms with Crippen LogP contribution in [0.15, 0.2) is 17.3 Å². The first-order chi connectivity index (χ1) is 9.73. The number of carboxylic acids is 3. The van der Waals surface area contributed by atoms with Crippen LogP contribution in [0.5, 0.6) is 0 Å². The van der Waals surface area contributed by atoms with Crippen LogP contribution in [0.3, 0.4) is 0 Å². The first-order valence-electron chi connectivity index (χ1n) is 5.91. The fourth-order valence-electron chi connectivity index (χ4n) is 1.36. The Morgan fingerprint density at radius 3 is 2.10 bits per heavy atom. The van der Waals surface area contributed by atoms with E-state index in [4.69, 9.17) is 26.8 Å². The summed E-state index contributed by atoms with van der Waals surface area (Å²) in [5, 5.41) is 28.8. The van der Waals surface area contributed by atoms with Crippen molar-refractivity contribution in [2.45, 2.75) is 31.3 Å². The summed E-state index contributed by atoms with van der Waals surface area (Å²) in [5.74, 6) is -3.96. The molecular formula is C11H18N4O6. The second-order valence-electron chi connectivity index (χ2n) is 4.06. The Morgan fingerprint density at radius 1 is 1.10 bits per heavy atom. The highest BCUT2D eigenvalue weighted by Crippen LogP contribution is 2.03. The van der Waals surface area contributed by atoms with Crippen LogP contribution in [-0.4, -0.2) is 51.3 Å². The molecule has 0 aromatic rings. The molecule has 0 bridgehead atoms. The summed E-state index contributed by atoms with van der Waals surface area (Å²) >= 11 is 0. The van der Waals surface area contributed by atoms with Gasteiger partial charge in [0.05, 0.1) is 0 Å². The minimum absolute atomic E-state index is 0.0665. The maximum Gasteiger partial charge on any atom is 0.321 e. The number of hydrogen-bond donors (Lipinski definition) is 6. The molecule has 0 fully saturated rings. The lowest BCUT2D eigenvalue weighted by Gasteiger charge is -2.18. The van der Waals surface area contributed by atoms with E-state index in [1.807, 2.05) is 0 Å². The van der Waals surface area contributed by atoms with E-state index in [0.717, 1.165) is 0 Å². The molecule has 0 spiro atoms. The van der Waals surface area contributed by atoms with Gasteiger partial charge in [0, 0.05) is 12.6 Å². The van der Waals surface area contributed by atoms with Crippen LogP contribution < -0.4 is 16.8 Å². The van der Waals surface area contributed by atoms with Gasteiger partial charge in [-0.05, 0) is 12.8 Å². The fraction of sp³-hybridized carbons (Fsp3) is 0.455. The number of nitrogens with two attached hydrogens (primary N) is 2. The molecule has 0 heterocycles. The molecule has 0 saturated carbocycles. The van der Waals surface area contributed by atoms with Gasteiger partial charge in [0.15, 0.2) is 5.96 Å². The van der Waals surface area contributed by atoms with Crippen molar-refractivity contribution in [3.63, 3.8) is 0 Å². The van der Waals surface area contributed by atoms with Crippen molar-refractivity contribution >= 4 is 23.9 Å². The molecule has 0 rings (SSSR count). The smallest absolute Gasteiger partial charge is 0.321 e. The highest BCUT2D eigenvalue weighted by molar-refractivity contribution is 5.78. The zero-order valence-corrected chi connectivity index (χ0v) is 11.1. The lowest BCUT2D eigenvalue weighted by atomic mass is 10.1. The van der Waals surface area contributed by atoms with E-state index in [2.05, 4.69) is 10.3 Å². The van der Waals surface area contributed by atoms with Gasteiger partial charge >= 0.3 is 17.9 Å². The highest BCUT2D eigenvalue weighted by Gasteiger charge is 2.25. The molecule has 0 unspecified atom stereocenters. The summed E-state index contributed by atoms with van der Waals surface area (Å²) in [6.45, 7) is 0.